The molecule has 7 nitrogen and oxygen atoms in total. The van der Waals surface area contributed by atoms with Crippen LogP contribution in [0.1, 0.15) is 16.7 Å². The average molecular weight is 714 g/mol. The van der Waals surface area contributed by atoms with Gasteiger partial charge in [-0.3, -0.25) is 0 Å². The van der Waals surface area contributed by atoms with Gasteiger partial charge in [0.2, 0.25) is 0 Å². The summed E-state index contributed by atoms with van der Waals surface area (Å²) in [5, 5.41) is 34.6. The Morgan fingerprint density at radius 3 is 1.32 bits per heavy atom. The van der Waals surface area contributed by atoms with E-state index in [-0.39, 0.29) is 0 Å². The van der Waals surface area contributed by atoms with Crippen LogP contribution in [-0.4, -0.2) is 19.1 Å². The molecule has 0 unspecified atom stereocenters. The number of hydrogen-bond donors (Lipinski definition) is 0. The number of fused-ring (bicyclic) bond motifs is 6. The van der Waals surface area contributed by atoms with Crippen LogP contribution in [0.5, 0.6) is 0 Å². The van der Waals surface area contributed by atoms with E-state index in [2.05, 4.69) is 51.6 Å². The second-order valence-corrected chi connectivity index (χ2v) is 13.6. The third kappa shape index (κ3) is 5.11. The minimum Gasteiger partial charge on any atom is -0.307 e. The summed E-state index contributed by atoms with van der Waals surface area (Å²) in [6.45, 7) is 0. The molecule has 7 aromatic carbocycles. The molecule has 7 heteroatoms. The van der Waals surface area contributed by atoms with Gasteiger partial charge >= 0.3 is 0 Å². The van der Waals surface area contributed by atoms with E-state index in [1.165, 1.54) is 0 Å². The van der Waals surface area contributed by atoms with Crippen molar-refractivity contribution in [1.29, 1.82) is 15.8 Å². The number of rotatable bonds is 5. The highest BCUT2D eigenvalue weighted by Gasteiger charge is 2.24. The molecular weight excluding hydrogens is 687 g/mol. The molecule has 10 rings (SSSR count). The van der Waals surface area contributed by atoms with Gasteiger partial charge in [0.05, 0.1) is 79.7 Å². The first-order valence-electron chi connectivity index (χ1n) is 18.1. The normalized spacial score (nSPS) is 11.2. The van der Waals surface area contributed by atoms with Crippen molar-refractivity contribution in [3.8, 4) is 63.5 Å². The first-order valence-corrected chi connectivity index (χ1v) is 18.1. The number of nitrogens with zero attached hydrogens (tertiary/aromatic N) is 7. The molecule has 0 saturated heterocycles. The Morgan fingerprint density at radius 2 is 0.839 bits per heavy atom. The Labute approximate surface area is 321 Å². The molecular formula is C49H27N7. The van der Waals surface area contributed by atoms with Crippen molar-refractivity contribution in [2.24, 2.45) is 0 Å². The second-order valence-electron chi connectivity index (χ2n) is 13.6. The number of nitriles is 3. The molecule has 0 N–H and O–H groups in total. The van der Waals surface area contributed by atoms with Crippen LogP contribution in [0.2, 0.25) is 0 Å². The van der Waals surface area contributed by atoms with Gasteiger partial charge in [-0.15, -0.1) is 0 Å². The van der Waals surface area contributed by atoms with Gasteiger partial charge in [-0.1, -0.05) is 97.1 Å². The van der Waals surface area contributed by atoms with Gasteiger partial charge in [-0.2, -0.15) is 15.8 Å². The maximum absolute atomic E-state index is 11.0. The highest BCUT2D eigenvalue weighted by Crippen LogP contribution is 2.41. The summed E-state index contributed by atoms with van der Waals surface area (Å²) in [5.41, 5.74) is 10.7. The lowest BCUT2D eigenvalue weighted by Gasteiger charge is -2.19. The zero-order valence-corrected chi connectivity index (χ0v) is 29.7. The summed E-state index contributed by atoms with van der Waals surface area (Å²) in [4.78, 5) is 10.3. The van der Waals surface area contributed by atoms with Crippen molar-refractivity contribution in [1.82, 2.24) is 19.1 Å². The quantitative estimate of drug-likeness (QED) is 0.176. The van der Waals surface area contributed by atoms with Gasteiger partial charge in [0.25, 0.3) is 0 Å². The number of aromatic nitrogens is 4. The lowest BCUT2D eigenvalue weighted by atomic mass is 10.0. The van der Waals surface area contributed by atoms with Gasteiger partial charge in [-0.05, 0) is 66.7 Å². The minimum atomic E-state index is 0.403. The van der Waals surface area contributed by atoms with Crippen molar-refractivity contribution in [3.05, 3.63) is 180 Å². The Morgan fingerprint density at radius 1 is 0.393 bits per heavy atom. The molecule has 56 heavy (non-hydrogen) atoms. The van der Waals surface area contributed by atoms with Gasteiger partial charge in [0.1, 0.15) is 0 Å². The van der Waals surface area contributed by atoms with Crippen LogP contribution in [0.3, 0.4) is 0 Å². The lowest BCUT2D eigenvalue weighted by Crippen LogP contribution is -2.06. The van der Waals surface area contributed by atoms with Crippen molar-refractivity contribution < 1.29 is 0 Å². The van der Waals surface area contributed by atoms with Crippen LogP contribution in [0, 0.1) is 34.0 Å². The van der Waals surface area contributed by atoms with Gasteiger partial charge in [-0.25, -0.2) is 9.97 Å². The van der Waals surface area contributed by atoms with Crippen molar-refractivity contribution >= 4 is 43.6 Å². The zero-order chi connectivity index (χ0) is 37.8. The fourth-order valence-electron chi connectivity index (χ4n) is 7.90. The maximum atomic E-state index is 11.0. The SMILES string of the molecule is N#Cc1ccc2c(c1)c1ccccc1n2-c1cc(C#N)c(-c2nc(-c3ccccc3)cc(-c3ccccc3)n2)cc1-n1c2ccccc2c2cc(C#N)ccc21. The first-order chi connectivity index (χ1) is 27.6. The van der Waals surface area contributed by atoms with Crippen LogP contribution in [0.25, 0.3) is 88.9 Å². The number of para-hydroxylation sites is 2. The molecule has 0 bridgehead atoms. The first kappa shape index (κ1) is 32.3. The smallest absolute Gasteiger partial charge is 0.161 e. The van der Waals surface area contributed by atoms with Gasteiger partial charge < -0.3 is 9.13 Å². The summed E-state index contributed by atoms with van der Waals surface area (Å²) >= 11 is 0. The summed E-state index contributed by atoms with van der Waals surface area (Å²) in [7, 11) is 0. The summed E-state index contributed by atoms with van der Waals surface area (Å²) in [5.74, 6) is 0.419. The molecule has 0 saturated carbocycles. The third-order valence-electron chi connectivity index (χ3n) is 10.4. The van der Waals surface area contributed by atoms with E-state index in [4.69, 9.17) is 9.97 Å². The Kier molecular flexibility index (Phi) is 7.49. The van der Waals surface area contributed by atoms with Crippen LogP contribution >= 0.6 is 0 Å². The monoisotopic (exact) mass is 713 g/mol. The molecule has 0 aliphatic rings. The second kappa shape index (κ2) is 13.0. The molecule has 0 aliphatic carbocycles. The lowest BCUT2D eigenvalue weighted by molar-refractivity contribution is 1.09. The number of benzene rings is 7. The molecule has 0 radical (unpaired) electrons. The van der Waals surface area contributed by atoms with E-state index >= 15 is 0 Å². The largest absolute Gasteiger partial charge is 0.307 e. The van der Waals surface area contributed by atoms with Crippen molar-refractivity contribution in [2.75, 3.05) is 0 Å². The molecule has 0 amide bonds. The predicted molar refractivity (Wildman–Crippen MR) is 221 cm³/mol. The number of hydrogen-bond acceptors (Lipinski definition) is 5. The average Bonchev–Trinajstić information content (AvgIpc) is 3.78. The van der Waals surface area contributed by atoms with E-state index in [9.17, 15) is 15.8 Å². The molecule has 258 valence electrons. The van der Waals surface area contributed by atoms with Crippen molar-refractivity contribution in [2.45, 2.75) is 0 Å². The van der Waals surface area contributed by atoms with Gasteiger partial charge in [0, 0.05) is 38.2 Å². The summed E-state index contributed by atoms with van der Waals surface area (Å²) < 4.78 is 4.38. The molecule has 0 aliphatic heterocycles. The van der Waals surface area contributed by atoms with Gasteiger partial charge in [0.15, 0.2) is 5.82 Å². The Bertz CT molecular complexity index is 3280. The molecule has 10 aromatic rings. The zero-order valence-electron chi connectivity index (χ0n) is 29.7. The fraction of sp³-hybridized carbons (Fsp3) is 0. The summed E-state index contributed by atoms with van der Waals surface area (Å²) in [6.07, 6.45) is 0. The molecule has 0 fully saturated rings. The van der Waals surface area contributed by atoms with Crippen LogP contribution in [0.4, 0.5) is 0 Å². The van der Waals surface area contributed by atoms with Crippen molar-refractivity contribution in [3.63, 3.8) is 0 Å². The molecule has 3 heterocycles. The predicted octanol–water partition coefficient (Wildman–Crippen LogP) is 11.3. The van der Waals surface area contributed by atoms with Crippen LogP contribution in [-0.2, 0) is 0 Å². The maximum Gasteiger partial charge on any atom is 0.161 e. The van der Waals surface area contributed by atoms with E-state index in [1.54, 1.807) is 0 Å². The van der Waals surface area contributed by atoms with Crippen LogP contribution in [0.15, 0.2) is 164 Å². The van der Waals surface area contributed by atoms with E-state index in [0.717, 1.165) is 77.5 Å². The molecule has 3 aromatic heterocycles. The molecule has 0 atom stereocenters. The Hall–Kier alpha value is -8.31. The molecule has 0 spiro atoms. The standard InChI is InChI=1S/C49H27N7/c50-28-31-19-21-45-39(23-31)36-15-7-9-17-43(36)55(45)47-25-35(30-52)38(26-48(47)56-44-18-10-8-16-37(44)40-24-32(29-51)20-22-46(40)56)49-53-41(33-11-3-1-4-12-33)27-42(54-49)34-13-5-2-6-14-34/h1-27H. The van der Waals surface area contributed by atoms with E-state index in [1.807, 2.05) is 140 Å². The van der Waals surface area contributed by atoms with E-state index < -0.39 is 0 Å². The fourth-order valence-corrected chi connectivity index (χ4v) is 7.90. The van der Waals surface area contributed by atoms with E-state index in [0.29, 0.717) is 28.1 Å². The topological polar surface area (TPSA) is 107 Å². The third-order valence-corrected chi connectivity index (χ3v) is 10.4. The summed E-state index contributed by atoms with van der Waals surface area (Å²) in [6, 6.07) is 60.8. The highest BCUT2D eigenvalue weighted by atomic mass is 15.1. The Balaban J connectivity index is 1.36. The highest BCUT2D eigenvalue weighted by molar-refractivity contribution is 6.12. The minimum absolute atomic E-state index is 0.403. The van der Waals surface area contributed by atoms with Crippen LogP contribution < -0.4 is 0 Å².